The Morgan fingerprint density at radius 2 is 1.90 bits per heavy atom. The quantitative estimate of drug-likeness (QED) is 0.926. The van der Waals surface area contributed by atoms with Crippen LogP contribution in [0.4, 0.5) is 0 Å². The van der Waals surface area contributed by atoms with Gasteiger partial charge in [-0.1, -0.05) is 23.2 Å². The second-order valence-corrected chi connectivity index (χ2v) is 6.38. The fraction of sp³-hybridized carbons (Fsp3) is 0.533. The number of β-amino-alcohol motifs (C(OH)–C–C–N with tert-alkyl or cyclic N) is 1. The zero-order valence-electron chi connectivity index (χ0n) is 12.3. The molecule has 0 spiro atoms. The smallest absolute Gasteiger partial charge is 0.254 e. The van der Waals surface area contributed by atoms with Crippen molar-refractivity contribution in [1.29, 1.82) is 0 Å². The van der Waals surface area contributed by atoms with E-state index in [2.05, 4.69) is 0 Å². The highest BCUT2D eigenvalue weighted by Crippen LogP contribution is 2.27. The number of aliphatic hydroxyl groups excluding tert-OH is 1. The highest BCUT2D eigenvalue weighted by atomic mass is 35.5. The predicted molar refractivity (Wildman–Crippen MR) is 83.1 cm³/mol. The second kappa shape index (κ2) is 6.53. The van der Waals surface area contributed by atoms with Gasteiger partial charge < -0.3 is 14.7 Å². The lowest BCUT2D eigenvalue weighted by Gasteiger charge is -2.18. The first-order chi connectivity index (χ1) is 9.79. The first kappa shape index (κ1) is 16.6. The molecule has 6 heteroatoms. The molecule has 1 heterocycles. The van der Waals surface area contributed by atoms with Gasteiger partial charge in [-0.05, 0) is 38.5 Å². The minimum Gasteiger partial charge on any atom is -0.388 e. The van der Waals surface area contributed by atoms with Gasteiger partial charge >= 0.3 is 0 Å². The number of hydrogen-bond acceptors (Lipinski definition) is 3. The Bertz CT molecular complexity index is 525. The molecule has 0 aromatic heterocycles. The average Bonchev–Trinajstić information content (AvgIpc) is 2.75. The van der Waals surface area contributed by atoms with E-state index in [-0.39, 0.29) is 24.7 Å². The average molecular weight is 332 g/mol. The minimum absolute atomic E-state index is 0.00275. The maximum Gasteiger partial charge on any atom is 0.254 e. The second-order valence-electron chi connectivity index (χ2n) is 5.57. The normalized spacial score (nSPS) is 22.1. The van der Waals surface area contributed by atoms with Crippen LogP contribution in [0.5, 0.6) is 0 Å². The van der Waals surface area contributed by atoms with Crippen LogP contribution < -0.4 is 0 Å². The molecule has 0 radical (unpaired) electrons. The SMILES string of the molecule is Cc1c(Cl)cc(C(=O)N2C[C@@H](O)[C@H](OC(C)C)C2)cc1Cl. The Balaban J connectivity index is 2.14. The molecular formula is C15H19Cl2NO3. The van der Waals surface area contributed by atoms with Gasteiger partial charge in [0.05, 0.1) is 12.2 Å². The molecule has 0 saturated carbocycles. The number of rotatable bonds is 3. The highest BCUT2D eigenvalue weighted by Gasteiger charge is 2.35. The van der Waals surface area contributed by atoms with Crippen LogP contribution in [-0.2, 0) is 4.74 Å². The van der Waals surface area contributed by atoms with Gasteiger partial charge in [0.25, 0.3) is 5.91 Å². The zero-order valence-corrected chi connectivity index (χ0v) is 13.8. The number of carbonyl (C=O) groups is 1. The molecule has 1 saturated heterocycles. The van der Waals surface area contributed by atoms with Crippen molar-refractivity contribution in [3.63, 3.8) is 0 Å². The summed E-state index contributed by atoms with van der Waals surface area (Å²) in [5.74, 6) is -0.201. The van der Waals surface area contributed by atoms with Crippen LogP contribution in [-0.4, -0.2) is 47.3 Å². The third-order valence-corrected chi connectivity index (χ3v) is 4.28. The number of amides is 1. The molecule has 1 aromatic rings. The summed E-state index contributed by atoms with van der Waals surface area (Å²) < 4.78 is 5.61. The van der Waals surface area contributed by atoms with Gasteiger partial charge in [0.2, 0.25) is 0 Å². The lowest BCUT2D eigenvalue weighted by molar-refractivity contribution is -0.0394. The van der Waals surface area contributed by atoms with Crippen LogP contribution in [0.15, 0.2) is 12.1 Å². The van der Waals surface area contributed by atoms with Crippen LogP contribution in [0.3, 0.4) is 0 Å². The standard InChI is InChI=1S/C15H19Cl2NO3/c1-8(2)21-14-7-18(6-13(14)19)15(20)10-4-11(16)9(3)12(17)5-10/h4-5,8,13-14,19H,6-7H2,1-3H3/t13-,14-/m1/s1. The molecule has 0 aliphatic carbocycles. The fourth-order valence-electron chi connectivity index (χ4n) is 2.36. The van der Waals surface area contributed by atoms with E-state index in [0.717, 1.165) is 5.56 Å². The molecule has 1 amide bonds. The Labute approximate surface area is 134 Å². The lowest BCUT2D eigenvalue weighted by Crippen LogP contribution is -2.31. The molecular weight excluding hydrogens is 313 g/mol. The van der Waals surface area contributed by atoms with Gasteiger partial charge in [0.1, 0.15) is 6.10 Å². The molecule has 4 nitrogen and oxygen atoms in total. The molecule has 1 aliphatic rings. The fourth-order valence-corrected chi connectivity index (χ4v) is 2.84. The summed E-state index contributed by atoms with van der Waals surface area (Å²) in [6.07, 6.45) is -1.03. The van der Waals surface area contributed by atoms with Crippen molar-refractivity contribution >= 4 is 29.1 Å². The Morgan fingerprint density at radius 3 is 2.43 bits per heavy atom. The van der Waals surface area contributed by atoms with E-state index in [1.807, 2.05) is 13.8 Å². The largest absolute Gasteiger partial charge is 0.388 e. The van der Waals surface area contributed by atoms with Gasteiger partial charge in [-0.3, -0.25) is 4.79 Å². The summed E-state index contributed by atoms with van der Waals surface area (Å²) >= 11 is 12.1. The maximum atomic E-state index is 12.5. The van der Waals surface area contributed by atoms with Crippen LogP contribution in [0.25, 0.3) is 0 Å². The molecule has 2 atom stereocenters. The Hall–Kier alpha value is -0.810. The van der Waals surface area contributed by atoms with Crippen molar-refractivity contribution in [1.82, 2.24) is 4.90 Å². The van der Waals surface area contributed by atoms with Crippen molar-refractivity contribution in [3.8, 4) is 0 Å². The third-order valence-electron chi connectivity index (χ3n) is 3.50. The summed E-state index contributed by atoms with van der Waals surface area (Å²) in [6.45, 7) is 6.21. The first-order valence-electron chi connectivity index (χ1n) is 6.88. The van der Waals surface area contributed by atoms with E-state index in [4.69, 9.17) is 27.9 Å². The number of halogens is 2. The zero-order chi connectivity index (χ0) is 15.7. The molecule has 116 valence electrons. The van der Waals surface area contributed by atoms with E-state index >= 15 is 0 Å². The predicted octanol–water partition coefficient (Wildman–Crippen LogP) is 2.91. The van der Waals surface area contributed by atoms with Crippen molar-refractivity contribution in [2.45, 2.75) is 39.1 Å². The topological polar surface area (TPSA) is 49.8 Å². The summed E-state index contributed by atoms with van der Waals surface area (Å²) in [5, 5.41) is 10.9. The van der Waals surface area contributed by atoms with Gasteiger partial charge in [-0.2, -0.15) is 0 Å². The number of aliphatic hydroxyl groups is 1. The molecule has 0 unspecified atom stereocenters. The highest BCUT2D eigenvalue weighted by molar-refractivity contribution is 6.36. The number of hydrogen-bond donors (Lipinski definition) is 1. The summed E-state index contributed by atoms with van der Waals surface area (Å²) in [7, 11) is 0. The molecule has 21 heavy (non-hydrogen) atoms. The van der Waals surface area contributed by atoms with E-state index < -0.39 is 6.10 Å². The molecule has 1 aliphatic heterocycles. The number of likely N-dealkylation sites (tertiary alicyclic amines) is 1. The van der Waals surface area contributed by atoms with Crippen molar-refractivity contribution in [2.24, 2.45) is 0 Å². The van der Waals surface area contributed by atoms with Gasteiger partial charge in [0.15, 0.2) is 0 Å². The van der Waals surface area contributed by atoms with Crippen LogP contribution in [0.2, 0.25) is 10.0 Å². The number of benzene rings is 1. The number of ether oxygens (including phenoxy) is 1. The number of carbonyl (C=O) groups excluding carboxylic acids is 1. The first-order valence-corrected chi connectivity index (χ1v) is 7.63. The van der Waals surface area contributed by atoms with Crippen molar-refractivity contribution in [3.05, 3.63) is 33.3 Å². The molecule has 1 fully saturated rings. The molecule has 0 bridgehead atoms. The third kappa shape index (κ3) is 3.69. The summed E-state index contributed by atoms with van der Waals surface area (Å²) in [5.41, 5.74) is 1.17. The Morgan fingerprint density at radius 1 is 1.33 bits per heavy atom. The van der Waals surface area contributed by atoms with Gasteiger partial charge in [-0.15, -0.1) is 0 Å². The lowest BCUT2D eigenvalue weighted by atomic mass is 10.1. The summed E-state index contributed by atoms with van der Waals surface area (Å²) in [4.78, 5) is 14.0. The van der Waals surface area contributed by atoms with E-state index in [0.29, 0.717) is 22.2 Å². The van der Waals surface area contributed by atoms with Crippen LogP contribution in [0.1, 0.15) is 29.8 Å². The molecule has 2 rings (SSSR count). The summed E-state index contributed by atoms with van der Waals surface area (Å²) in [6, 6.07) is 3.21. The van der Waals surface area contributed by atoms with E-state index in [1.165, 1.54) is 0 Å². The van der Waals surface area contributed by atoms with Crippen molar-refractivity contribution in [2.75, 3.05) is 13.1 Å². The van der Waals surface area contributed by atoms with Crippen LogP contribution in [0, 0.1) is 6.92 Å². The van der Waals surface area contributed by atoms with E-state index in [1.54, 1.807) is 24.0 Å². The maximum absolute atomic E-state index is 12.5. The van der Waals surface area contributed by atoms with E-state index in [9.17, 15) is 9.90 Å². The monoisotopic (exact) mass is 331 g/mol. The van der Waals surface area contributed by atoms with Crippen molar-refractivity contribution < 1.29 is 14.6 Å². The van der Waals surface area contributed by atoms with Gasteiger partial charge in [0, 0.05) is 28.7 Å². The molecule has 1 aromatic carbocycles. The Kier molecular flexibility index (Phi) is 5.15. The molecule has 1 N–H and O–H groups in total. The number of nitrogens with zero attached hydrogens (tertiary/aromatic N) is 1. The van der Waals surface area contributed by atoms with Gasteiger partial charge in [-0.25, -0.2) is 0 Å². The van der Waals surface area contributed by atoms with Crippen LogP contribution >= 0.6 is 23.2 Å². The minimum atomic E-state index is -0.673.